The monoisotopic (exact) mass is 293 g/mol. The molecule has 1 unspecified atom stereocenters. The minimum absolute atomic E-state index is 0.125. The summed E-state index contributed by atoms with van der Waals surface area (Å²) in [7, 11) is 3.30. The van der Waals surface area contributed by atoms with Gasteiger partial charge in [-0.05, 0) is 25.7 Å². The van der Waals surface area contributed by atoms with Gasteiger partial charge in [0, 0.05) is 20.6 Å². The molecule has 1 atom stereocenters. The molecule has 1 saturated heterocycles. The first kappa shape index (κ1) is 15.3. The zero-order valence-electron chi connectivity index (χ0n) is 12.8. The molecule has 1 aliphatic heterocycles. The molecule has 1 aromatic heterocycles. The van der Waals surface area contributed by atoms with Gasteiger partial charge in [0.25, 0.3) is 5.91 Å². The summed E-state index contributed by atoms with van der Waals surface area (Å²) in [5.74, 6) is -0.338. The van der Waals surface area contributed by atoms with Gasteiger partial charge in [0.15, 0.2) is 0 Å². The fraction of sp³-hybridized carbons (Fsp3) is 0.643. The zero-order valence-corrected chi connectivity index (χ0v) is 12.8. The topological polar surface area (TPSA) is 93.2 Å². The maximum atomic E-state index is 12.8. The molecule has 1 aliphatic rings. The molecule has 21 heavy (non-hydrogen) atoms. The van der Waals surface area contributed by atoms with E-state index in [1.165, 1.54) is 4.68 Å². The van der Waals surface area contributed by atoms with E-state index in [-0.39, 0.29) is 11.8 Å². The van der Waals surface area contributed by atoms with Crippen molar-refractivity contribution < 1.29 is 9.59 Å². The minimum Gasteiger partial charge on any atom is -0.395 e. The standard InChI is InChI=1S/C14H23N5O2/c1-4-9-11(15)12(18(3)17-9)14(21)19-8-6-5-7-10(19)13(20)16-2/h10H,4-8,15H2,1-3H3,(H,16,20). The van der Waals surface area contributed by atoms with Gasteiger partial charge >= 0.3 is 0 Å². The zero-order chi connectivity index (χ0) is 15.6. The summed E-state index contributed by atoms with van der Waals surface area (Å²) in [4.78, 5) is 26.4. The van der Waals surface area contributed by atoms with Gasteiger partial charge in [0.2, 0.25) is 5.91 Å². The Hall–Kier alpha value is -2.05. The highest BCUT2D eigenvalue weighted by Gasteiger charge is 2.34. The van der Waals surface area contributed by atoms with Crippen LogP contribution in [0.25, 0.3) is 0 Å². The summed E-state index contributed by atoms with van der Waals surface area (Å²) in [5, 5.41) is 6.91. The summed E-state index contributed by atoms with van der Waals surface area (Å²) >= 11 is 0. The van der Waals surface area contributed by atoms with E-state index in [1.807, 2.05) is 6.92 Å². The summed E-state index contributed by atoms with van der Waals surface area (Å²) in [5.41, 5.74) is 7.56. The lowest BCUT2D eigenvalue weighted by Gasteiger charge is -2.34. The van der Waals surface area contributed by atoms with Crippen LogP contribution in [0.3, 0.4) is 0 Å². The molecule has 0 radical (unpaired) electrons. The van der Waals surface area contributed by atoms with Crippen LogP contribution in [0.4, 0.5) is 5.69 Å². The van der Waals surface area contributed by atoms with Crippen LogP contribution in [-0.4, -0.2) is 46.1 Å². The van der Waals surface area contributed by atoms with Crippen LogP contribution in [0.1, 0.15) is 42.4 Å². The highest BCUT2D eigenvalue weighted by molar-refractivity contribution is 6.00. The summed E-state index contributed by atoms with van der Waals surface area (Å²) in [6, 6.07) is -0.421. The van der Waals surface area contributed by atoms with E-state index in [9.17, 15) is 9.59 Å². The van der Waals surface area contributed by atoms with Crippen LogP contribution < -0.4 is 11.1 Å². The Bertz CT molecular complexity index is 552. The van der Waals surface area contributed by atoms with E-state index in [0.717, 1.165) is 12.8 Å². The van der Waals surface area contributed by atoms with Crippen LogP contribution in [0.2, 0.25) is 0 Å². The Morgan fingerprint density at radius 2 is 2.14 bits per heavy atom. The van der Waals surface area contributed by atoms with Crippen LogP contribution >= 0.6 is 0 Å². The van der Waals surface area contributed by atoms with Crippen molar-refractivity contribution in [3.05, 3.63) is 11.4 Å². The van der Waals surface area contributed by atoms with Crippen molar-refractivity contribution >= 4 is 17.5 Å². The third kappa shape index (κ3) is 2.72. The number of anilines is 1. The predicted molar refractivity (Wildman–Crippen MR) is 79.7 cm³/mol. The van der Waals surface area contributed by atoms with Crippen molar-refractivity contribution in [3.63, 3.8) is 0 Å². The van der Waals surface area contributed by atoms with Gasteiger partial charge in [-0.25, -0.2) is 0 Å². The Morgan fingerprint density at radius 3 is 2.71 bits per heavy atom. The number of hydrogen-bond acceptors (Lipinski definition) is 4. The number of carbonyl (C=O) groups excluding carboxylic acids is 2. The highest BCUT2D eigenvalue weighted by Crippen LogP contribution is 2.24. The predicted octanol–water partition coefficient (Wildman–Crippen LogP) is 0.305. The largest absolute Gasteiger partial charge is 0.395 e. The van der Waals surface area contributed by atoms with Gasteiger partial charge in [-0.15, -0.1) is 0 Å². The smallest absolute Gasteiger partial charge is 0.274 e. The van der Waals surface area contributed by atoms with Gasteiger partial charge in [0.05, 0.1) is 11.4 Å². The molecule has 0 aromatic carbocycles. The Kier molecular flexibility index (Phi) is 4.50. The average molecular weight is 293 g/mol. The third-order valence-electron chi connectivity index (χ3n) is 4.01. The average Bonchev–Trinajstić information content (AvgIpc) is 2.80. The van der Waals surface area contributed by atoms with Crippen molar-refractivity contribution in [2.24, 2.45) is 7.05 Å². The summed E-state index contributed by atoms with van der Waals surface area (Å²) in [6.07, 6.45) is 3.20. The van der Waals surface area contributed by atoms with Gasteiger partial charge in [-0.2, -0.15) is 5.10 Å². The molecule has 3 N–H and O–H groups in total. The fourth-order valence-electron chi connectivity index (χ4n) is 2.86. The molecule has 0 saturated carbocycles. The molecule has 2 rings (SSSR count). The van der Waals surface area contributed by atoms with Crippen molar-refractivity contribution in [1.29, 1.82) is 0 Å². The van der Waals surface area contributed by atoms with Crippen LogP contribution in [0.15, 0.2) is 0 Å². The first-order valence-electron chi connectivity index (χ1n) is 7.35. The number of carbonyl (C=O) groups is 2. The van der Waals surface area contributed by atoms with Crippen molar-refractivity contribution in [2.75, 3.05) is 19.3 Å². The third-order valence-corrected chi connectivity index (χ3v) is 4.01. The number of hydrogen-bond donors (Lipinski definition) is 2. The number of aromatic nitrogens is 2. The highest BCUT2D eigenvalue weighted by atomic mass is 16.2. The van der Waals surface area contributed by atoms with Gasteiger partial charge in [0.1, 0.15) is 11.7 Å². The molecule has 7 nitrogen and oxygen atoms in total. The van der Waals surface area contributed by atoms with Crippen LogP contribution in [0, 0.1) is 0 Å². The number of nitrogens with one attached hydrogen (secondary N) is 1. The fourth-order valence-corrected chi connectivity index (χ4v) is 2.86. The van der Waals surface area contributed by atoms with Gasteiger partial charge in [-0.3, -0.25) is 14.3 Å². The van der Waals surface area contributed by atoms with Crippen molar-refractivity contribution in [1.82, 2.24) is 20.0 Å². The van der Waals surface area contributed by atoms with Crippen LogP contribution in [-0.2, 0) is 18.3 Å². The number of likely N-dealkylation sites (tertiary alicyclic amines) is 1. The van der Waals surface area contributed by atoms with E-state index < -0.39 is 6.04 Å². The lowest BCUT2D eigenvalue weighted by Crippen LogP contribution is -2.51. The summed E-state index contributed by atoms with van der Waals surface area (Å²) < 4.78 is 1.52. The molecule has 0 spiro atoms. The number of rotatable bonds is 3. The Balaban J connectivity index is 2.33. The minimum atomic E-state index is -0.421. The second-order valence-corrected chi connectivity index (χ2v) is 5.31. The second-order valence-electron chi connectivity index (χ2n) is 5.31. The number of aryl methyl sites for hydroxylation is 2. The molecule has 2 heterocycles. The number of amides is 2. The van der Waals surface area contributed by atoms with Gasteiger partial charge in [-0.1, -0.05) is 6.92 Å². The number of piperidine rings is 1. The first-order valence-corrected chi connectivity index (χ1v) is 7.35. The number of nitrogen functional groups attached to an aromatic ring is 1. The normalized spacial score (nSPS) is 18.6. The van der Waals surface area contributed by atoms with E-state index in [0.29, 0.717) is 36.5 Å². The molecule has 116 valence electrons. The maximum absolute atomic E-state index is 12.8. The number of nitrogens with two attached hydrogens (primary N) is 1. The molecule has 0 aliphatic carbocycles. The molecular formula is C14H23N5O2. The van der Waals surface area contributed by atoms with E-state index in [2.05, 4.69) is 10.4 Å². The van der Waals surface area contributed by atoms with E-state index in [1.54, 1.807) is 19.0 Å². The molecule has 7 heteroatoms. The SMILES string of the molecule is CCc1nn(C)c(C(=O)N2CCCCC2C(=O)NC)c1N. The van der Waals surface area contributed by atoms with E-state index >= 15 is 0 Å². The Morgan fingerprint density at radius 1 is 1.43 bits per heavy atom. The number of likely N-dealkylation sites (N-methyl/N-ethyl adjacent to an activating group) is 1. The second kappa shape index (κ2) is 6.15. The van der Waals surface area contributed by atoms with Crippen molar-refractivity contribution in [3.8, 4) is 0 Å². The molecule has 1 fully saturated rings. The number of nitrogens with zero attached hydrogens (tertiary/aromatic N) is 3. The summed E-state index contributed by atoms with van der Waals surface area (Å²) in [6.45, 7) is 2.52. The lowest BCUT2D eigenvalue weighted by atomic mass is 10.0. The van der Waals surface area contributed by atoms with Crippen molar-refractivity contribution in [2.45, 2.75) is 38.6 Å². The van der Waals surface area contributed by atoms with Gasteiger partial charge < -0.3 is 16.0 Å². The van der Waals surface area contributed by atoms with Crippen LogP contribution in [0.5, 0.6) is 0 Å². The quantitative estimate of drug-likeness (QED) is 0.838. The Labute approximate surface area is 124 Å². The molecule has 1 aromatic rings. The maximum Gasteiger partial charge on any atom is 0.274 e. The van der Waals surface area contributed by atoms with E-state index in [4.69, 9.17) is 5.73 Å². The molecule has 0 bridgehead atoms. The molecular weight excluding hydrogens is 270 g/mol. The lowest BCUT2D eigenvalue weighted by molar-refractivity contribution is -0.126. The molecule has 2 amide bonds. The first-order chi connectivity index (χ1) is 10.0.